The van der Waals surface area contributed by atoms with E-state index in [4.69, 9.17) is 16.6 Å². The molecule has 1 heterocycles. The Bertz CT molecular complexity index is 590. The highest BCUT2D eigenvalue weighted by atomic mass is 35.5. The van der Waals surface area contributed by atoms with Crippen LogP contribution in [0.4, 0.5) is 0 Å². The quantitative estimate of drug-likeness (QED) is 0.739. The first kappa shape index (κ1) is 13.9. The lowest BCUT2D eigenvalue weighted by molar-refractivity contribution is 0.329. The highest BCUT2D eigenvalue weighted by Gasteiger charge is 2.34. The van der Waals surface area contributed by atoms with Crippen LogP contribution >= 0.6 is 11.6 Å². The third kappa shape index (κ3) is 2.24. The van der Waals surface area contributed by atoms with Crippen LogP contribution in [0.25, 0.3) is 11.0 Å². The Labute approximate surface area is 126 Å². The standard InChI is InChI=1S/C17H23ClN2/c1-3-13-8-9-15(12(13)2)20-16-7-5-4-6-14(16)19-17(20)10-11-18/h4-7,12-13,15H,3,8-11H2,1-2H3. The van der Waals surface area contributed by atoms with Crippen molar-refractivity contribution in [1.82, 2.24) is 9.55 Å². The number of alkyl halides is 1. The van der Waals surface area contributed by atoms with Gasteiger partial charge in [-0.05, 0) is 36.8 Å². The Hall–Kier alpha value is -1.02. The van der Waals surface area contributed by atoms with E-state index in [1.807, 2.05) is 0 Å². The Balaban J connectivity index is 2.07. The van der Waals surface area contributed by atoms with Crippen molar-refractivity contribution in [2.75, 3.05) is 5.88 Å². The van der Waals surface area contributed by atoms with Crippen molar-refractivity contribution in [2.24, 2.45) is 11.8 Å². The fraction of sp³-hybridized carbons (Fsp3) is 0.588. The van der Waals surface area contributed by atoms with Gasteiger partial charge in [0.15, 0.2) is 0 Å². The molecule has 0 saturated heterocycles. The van der Waals surface area contributed by atoms with Gasteiger partial charge in [0.25, 0.3) is 0 Å². The third-order valence-corrected chi connectivity index (χ3v) is 5.22. The molecule has 0 radical (unpaired) electrons. The zero-order chi connectivity index (χ0) is 14.1. The highest BCUT2D eigenvalue weighted by Crippen LogP contribution is 2.43. The van der Waals surface area contributed by atoms with Gasteiger partial charge >= 0.3 is 0 Å². The average molecular weight is 291 g/mol. The van der Waals surface area contributed by atoms with Crippen molar-refractivity contribution in [2.45, 2.75) is 45.6 Å². The summed E-state index contributed by atoms with van der Waals surface area (Å²) in [6, 6.07) is 9.08. The molecule has 2 nitrogen and oxygen atoms in total. The van der Waals surface area contributed by atoms with E-state index in [-0.39, 0.29) is 0 Å². The molecule has 3 unspecified atom stereocenters. The van der Waals surface area contributed by atoms with Crippen molar-refractivity contribution in [1.29, 1.82) is 0 Å². The van der Waals surface area contributed by atoms with Crippen LogP contribution in [-0.4, -0.2) is 15.4 Å². The van der Waals surface area contributed by atoms with Gasteiger partial charge < -0.3 is 4.57 Å². The van der Waals surface area contributed by atoms with Crippen LogP contribution < -0.4 is 0 Å². The molecule has 0 spiro atoms. The summed E-state index contributed by atoms with van der Waals surface area (Å²) in [6.45, 7) is 4.72. The molecule has 108 valence electrons. The van der Waals surface area contributed by atoms with Crippen LogP contribution in [0.1, 0.15) is 45.0 Å². The van der Waals surface area contributed by atoms with Crippen LogP contribution in [0.2, 0.25) is 0 Å². The number of aryl methyl sites for hydroxylation is 1. The van der Waals surface area contributed by atoms with Crippen molar-refractivity contribution >= 4 is 22.6 Å². The molecule has 20 heavy (non-hydrogen) atoms. The number of aromatic nitrogens is 2. The fourth-order valence-electron chi connectivity index (χ4n) is 3.89. The van der Waals surface area contributed by atoms with Crippen LogP contribution in [0.15, 0.2) is 24.3 Å². The first-order valence-corrected chi connectivity index (χ1v) is 8.31. The minimum Gasteiger partial charge on any atom is -0.325 e. The summed E-state index contributed by atoms with van der Waals surface area (Å²) >= 11 is 5.98. The fourth-order valence-corrected chi connectivity index (χ4v) is 4.06. The van der Waals surface area contributed by atoms with Gasteiger partial charge in [0.2, 0.25) is 0 Å². The van der Waals surface area contributed by atoms with Crippen LogP contribution in [0.3, 0.4) is 0 Å². The Morgan fingerprint density at radius 2 is 2.10 bits per heavy atom. The molecule has 0 aliphatic heterocycles. The SMILES string of the molecule is CCC1CCC(n2c(CCCl)nc3ccccc32)C1C. The lowest BCUT2D eigenvalue weighted by Crippen LogP contribution is -2.18. The lowest BCUT2D eigenvalue weighted by atomic mass is 9.93. The number of para-hydroxylation sites is 2. The van der Waals surface area contributed by atoms with E-state index in [0.29, 0.717) is 11.9 Å². The molecule has 1 fully saturated rings. The second-order valence-corrected chi connectivity index (χ2v) is 6.38. The topological polar surface area (TPSA) is 17.8 Å². The first-order chi connectivity index (χ1) is 9.76. The smallest absolute Gasteiger partial charge is 0.111 e. The highest BCUT2D eigenvalue weighted by molar-refractivity contribution is 6.17. The van der Waals surface area contributed by atoms with Crippen LogP contribution in [0, 0.1) is 11.8 Å². The number of imidazole rings is 1. The zero-order valence-corrected chi connectivity index (χ0v) is 13.1. The number of hydrogen-bond donors (Lipinski definition) is 0. The van der Waals surface area contributed by atoms with E-state index in [0.717, 1.165) is 29.6 Å². The number of nitrogens with zero attached hydrogens (tertiary/aromatic N) is 2. The lowest BCUT2D eigenvalue weighted by Gasteiger charge is -2.23. The van der Waals surface area contributed by atoms with Crippen molar-refractivity contribution in [3.05, 3.63) is 30.1 Å². The second-order valence-electron chi connectivity index (χ2n) is 6.00. The summed E-state index contributed by atoms with van der Waals surface area (Å²) in [5.41, 5.74) is 2.39. The summed E-state index contributed by atoms with van der Waals surface area (Å²) in [6.07, 6.45) is 4.76. The second kappa shape index (κ2) is 5.77. The molecular weight excluding hydrogens is 268 g/mol. The van der Waals surface area contributed by atoms with E-state index in [1.165, 1.54) is 24.8 Å². The van der Waals surface area contributed by atoms with Gasteiger partial charge in [-0.1, -0.05) is 32.4 Å². The minimum atomic E-state index is 0.588. The molecule has 0 N–H and O–H groups in total. The summed E-state index contributed by atoms with van der Waals surface area (Å²) < 4.78 is 2.48. The summed E-state index contributed by atoms with van der Waals surface area (Å²) in [7, 11) is 0. The Morgan fingerprint density at radius 1 is 1.30 bits per heavy atom. The van der Waals surface area contributed by atoms with Gasteiger partial charge in [0.1, 0.15) is 5.82 Å². The molecule has 3 atom stereocenters. The summed E-state index contributed by atoms with van der Waals surface area (Å²) in [5, 5.41) is 0. The Kier molecular flexibility index (Phi) is 4.02. The first-order valence-electron chi connectivity index (χ1n) is 7.78. The molecule has 3 rings (SSSR count). The molecule has 2 aromatic rings. The predicted octanol–water partition coefficient (Wildman–Crippen LogP) is 4.81. The maximum Gasteiger partial charge on any atom is 0.111 e. The molecule has 0 bridgehead atoms. The maximum atomic E-state index is 5.98. The van der Waals surface area contributed by atoms with Crippen molar-refractivity contribution in [3.8, 4) is 0 Å². The van der Waals surface area contributed by atoms with E-state index in [2.05, 4.69) is 42.7 Å². The molecule has 1 aliphatic rings. The van der Waals surface area contributed by atoms with Gasteiger partial charge in [-0.15, -0.1) is 11.6 Å². The predicted molar refractivity (Wildman–Crippen MR) is 85.4 cm³/mol. The number of halogens is 1. The largest absolute Gasteiger partial charge is 0.325 e. The summed E-state index contributed by atoms with van der Waals surface area (Å²) in [4.78, 5) is 4.81. The molecule has 3 heteroatoms. The van der Waals surface area contributed by atoms with Gasteiger partial charge in [0.05, 0.1) is 11.0 Å². The Morgan fingerprint density at radius 3 is 2.80 bits per heavy atom. The number of fused-ring (bicyclic) bond motifs is 1. The van der Waals surface area contributed by atoms with Crippen LogP contribution in [0.5, 0.6) is 0 Å². The maximum absolute atomic E-state index is 5.98. The van der Waals surface area contributed by atoms with E-state index in [9.17, 15) is 0 Å². The molecule has 1 aliphatic carbocycles. The number of hydrogen-bond acceptors (Lipinski definition) is 1. The molecule has 1 aromatic heterocycles. The van der Waals surface area contributed by atoms with Crippen molar-refractivity contribution in [3.63, 3.8) is 0 Å². The van der Waals surface area contributed by atoms with Gasteiger partial charge in [0, 0.05) is 18.3 Å². The molecule has 1 saturated carbocycles. The van der Waals surface area contributed by atoms with Gasteiger partial charge in [-0.3, -0.25) is 0 Å². The monoisotopic (exact) mass is 290 g/mol. The molecule has 1 aromatic carbocycles. The molecular formula is C17H23ClN2. The minimum absolute atomic E-state index is 0.588. The average Bonchev–Trinajstić information content (AvgIpc) is 2.99. The molecule has 0 amide bonds. The third-order valence-electron chi connectivity index (χ3n) is 5.03. The van der Waals surface area contributed by atoms with E-state index in [1.54, 1.807) is 0 Å². The van der Waals surface area contributed by atoms with Gasteiger partial charge in [-0.2, -0.15) is 0 Å². The summed E-state index contributed by atoms with van der Waals surface area (Å²) in [5.74, 6) is 3.38. The number of benzene rings is 1. The van der Waals surface area contributed by atoms with Gasteiger partial charge in [-0.25, -0.2) is 4.98 Å². The number of rotatable bonds is 4. The zero-order valence-electron chi connectivity index (χ0n) is 12.3. The van der Waals surface area contributed by atoms with E-state index < -0.39 is 0 Å². The normalized spacial score (nSPS) is 26.4. The van der Waals surface area contributed by atoms with E-state index >= 15 is 0 Å². The van der Waals surface area contributed by atoms with Crippen molar-refractivity contribution < 1.29 is 0 Å². The van der Waals surface area contributed by atoms with Crippen LogP contribution in [-0.2, 0) is 6.42 Å².